The molecule has 60 valence electrons. The van der Waals surface area contributed by atoms with Crippen molar-refractivity contribution in [2.24, 2.45) is 0 Å². The average Bonchev–Trinajstić information content (AvgIpc) is 2.18. The molecule has 11 heavy (non-hydrogen) atoms. The van der Waals surface area contributed by atoms with Crippen LogP contribution in [0.2, 0.25) is 0 Å². The molecule has 4 heteroatoms. The molecule has 0 aliphatic heterocycles. The van der Waals surface area contributed by atoms with Gasteiger partial charge in [-0.25, -0.2) is 4.79 Å². The molecule has 0 aromatic carbocycles. The van der Waals surface area contributed by atoms with Crippen molar-refractivity contribution in [1.29, 1.82) is 0 Å². The summed E-state index contributed by atoms with van der Waals surface area (Å²) in [6.45, 7) is 3.36. The van der Waals surface area contributed by atoms with Crippen LogP contribution in [0.4, 0.5) is 4.79 Å². The van der Waals surface area contributed by atoms with Crippen LogP contribution in [0.15, 0.2) is 10.7 Å². The summed E-state index contributed by atoms with van der Waals surface area (Å²) in [7, 11) is 0. The molecule has 0 amide bonds. The van der Waals surface area contributed by atoms with Crippen molar-refractivity contribution in [3.05, 3.63) is 17.6 Å². The average molecular weight is 156 g/mol. The zero-order chi connectivity index (χ0) is 8.43. The van der Waals surface area contributed by atoms with Gasteiger partial charge < -0.3 is 14.3 Å². The third-order valence-electron chi connectivity index (χ3n) is 1.28. The van der Waals surface area contributed by atoms with Crippen LogP contribution in [0, 0.1) is 13.8 Å². The summed E-state index contributed by atoms with van der Waals surface area (Å²) in [5.74, 6) is 0.766. The number of furan rings is 1. The Morgan fingerprint density at radius 1 is 1.64 bits per heavy atom. The van der Waals surface area contributed by atoms with Crippen LogP contribution in [0.25, 0.3) is 0 Å². The molecule has 0 atom stereocenters. The maximum absolute atomic E-state index is 10.1. The van der Waals surface area contributed by atoms with Crippen molar-refractivity contribution >= 4 is 6.16 Å². The van der Waals surface area contributed by atoms with Gasteiger partial charge in [0.15, 0.2) is 5.75 Å². The van der Waals surface area contributed by atoms with E-state index in [4.69, 9.17) is 9.52 Å². The van der Waals surface area contributed by atoms with Gasteiger partial charge in [0, 0.05) is 5.56 Å². The molecule has 4 nitrogen and oxygen atoms in total. The molecule has 0 saturated carbocycles. The predicted octanol–water partition coefficient (Wildman–Crippen LogP) is 1.95. The number of ether oxygens (including phenoxy) is 1. The molecule has 0 aliphatic carbocycles. The van der Waals surface area contributed by atoms with Crippen molar-refractivity contribution in [2.45, 2.75) is 13.8 Å². The molecule has 0 saturated heterocycles. The lowest BCUT2D eigenvalue weighted by Gasteiger charge is -1.96. The van der Waals surface area contributed by atoms with Crippen LogP contribution in [0.3, 0.4) is 0 Å². The quantitative estimate of drug-likeness (QED) is 0.631. The highest BCUT2D eigenvalue weighted by Gasteiger charge is 2.10. The molecule has 0 radical (unpaired) electrons. The van der Waals surface area contributed by atoms with Gasteiger partial charge in [0.1, 0.15) is 5.76 Å². The van der Waals surface area contributed by atoms with Crippen molar-refractivity contribution < 1.29 is 19.1 Å². The minimum atomic E-state index is -1.32. The third kappa shape index (κ3) is 1.52. The number of carbonyl (C=O) groups is 1. The van der Waals surface area contributed by atoms with E-state index in [1.165, 1.54) is 6.26 Å². The smallest absolute Gasteiger partial charge is 0.465 e. The third-order valence-corrected chi connectivity index (χ3v) is 1.28. The van der Waals surface area contributed by atoms with E-state index in [9.17, 15) is 4.79 Å². The van der Waals surface area contributed by atoms with Crippen LogP contribution in [0.1, 0.15) is 11.3 Å². The first-order valence-corrected chi connectivity index (χ1v) is 3.06. The molecular formula is C7H8O4. The zero-order valence-electron chi connectivity index (χ0n) is 6.25. The Labute approximate surface area is 63.4 Å². The second kappa shape index (κ2) is 2.65. The summed E-state index contributed by atoms with van der Waals surface area (Å²) in [5.41, 5.74) is 0.685. The number of aryl methyl sites for hydroxylation is 2. The Morgan fingerprint density at radius 2 is 2.27 bits per heavy atom. The number of hydrogen-bond acceptors (Lipinski definition) is 3. The zero-order valence-corrected chi connectivity index (χ0v) is 6.25. The van der Waals surface area contributed by atoms with Gasteiger partial charge in [0.25, 0.3) is 0 Å². The first-order valence-electron chi connectivity index (χ1n) is 3.06. The van der Waals surface area contributed by atoms with E-state index in [0.29, 0.717) is 11.3 Å². The maximum Gasteiger partial charge on any atom is 0.511 e. The monoisotopic (exact) mass is 156 g/mol. The summed E-state index contributed by atoms with van der Waals surface area (Å²) < 4.78 is 9.35. The summed E-state index contributed by atoms with van der Waals surface area (Å²) >= 11 is 0. The SMILES string of the molecule is Cc1coc(C)c1OC(=O)O. The molecule has 1 heterocycles. The predicted molar refractivity (Wildman–Crippen MR) is 36.8 cm³/mol. The van der Waals surface area contributed by atoms with Crippen LogP contribution in [-0.4, -0.2) is 11.3 Å². The summed E-state index contributed by atoms with van der Waals surface area (Å²) in [6, 6.07) is 0. The number of carboxylic acid groups (broad SMARTS) is 1. The lowest BCUT2D eigenvalue weighted by Crippen LogP contribution is -2.03. The minimum Gasteiger partial charge on any atom is -0.465 e. The number of rotatable bonds is 1. The Kier molecular flexibility index (Phi) is 1.85. The van der Waals surface area contributed by atoms with Gasteiger partial charge >= 0.3 is 6.16 Å². The van der Waals surface area contributed by atoms with Gasteiger partial charge in [-0.1, -0.05) is 0 Å². The Bertz CT molecular complexity index is 254. The van der Waals surface area contributed by atoms with Crippen LogP contribution >= 0.6 is 0 Å². The largest absolute Gasteiger partial charge is 0.511 e. The molecule has 1 N–H and O–H groups in total. The Morgan fingerprint density at radius 3 is 2.64 bits per heavy atom. The fourth-order valence-electron chi connectivity index (χ4n) is 0.801. The normalized spacial score (nSPS) is 9.64. The molecule has 0 unspecified atom stereocenters. The number of hydrogen-bond donors (Lipinski definition) is 1. The highest BCUT2D eigenvalue weighted by Crippen LogP contribution is 2.24. The van der Waals surface area contributed by atoms with Crippen LogP contribution in [0.5, 0.6) is 5.75 Å². The topological polar surface area (TPSA) is 59.7 Å². The Hall–Kier alpha value is -1.45. The summed E-state index contributed by atoms with van der Waals surface area (Å²) in [5, 5.41) is 8.27. The maximum atomic E-state index is 10.1. The Balaban J connectivity index is 2.92. The fraction of sp³-hybridized carbons (Fsp3) is 0.286. The van der Waals surface area contributed by atoms with Gasteiger partial charge in [-0.15, -0.1) is 0 Å². The molecule has 0 bridgehead atoms. The molecule has 0 spiro atoms. The first-order chi connectivity index (χ1) is 5.11. The standard InChI is InChI=1S/C7H8O4/c1-4-3-10-5(2)6(4)11-7(8)9/h3H,1-2H3,(H,8,9). The summed E-state index contributed by atoms with van der Waals surface area (Å²) in [4.78, 5) is 10.1. The highest BCUT2D eigenvalue weighted by molar-refractivity contribution is 5.62. The fourth-order valence-corrected chi connectivity index (χ4v) is 0.801. The van der Waals surface area contributed by atoms with E-state index in [1.54, 1.807) is 13.8 Å². The van der Waals surface area contributed by atoms with Crippen LogP contribution < -0.4 is 4.74 Å². The van der Waals surface area contributed by atoms with E-state index in [1.807, 2.05) is 0 Å². The molecule has 0 aliphatic rings. The van der Waals surface area contributed by atoms with Gasteiger partial charge in [-0.2, -0.15) is 0 Å². The first kappa shape index (κ1) is 7.65. The van der Waals surface area contributed by atoms with E-state index in [-0.39, 0.29) is 5.75 Å². The van der Waals surface area contributed by atoms with Gasteiger partial charge in [-0.3, -0.25) is 0 Å². The highest BCUT2D eigenvalue weighted by atomic mass is 16.7. The molecule has 1 aromatic rings. The molecule has 1 aromatic heterocycles. The lowest BCUT2D eigenvalue weighted by atomic mass is 10.3. The van der Waals surface area contributed by atoms with E-state index in [0.717, 1.165) is 0 Å². The molecular weight excluding hydrogens is 148 g/mol. The van der Waals surface area contributed by atoms with Gasteiger partial charge in [0.2, 0.25) is 0 Å². The molecule has 1 rings (SSSR count). The van der Waals surface area contributed by atoms with Crippen molar-refractivity contribution in [1.82, 2.24) is 0 Å². The minimum absolute atomic E-state index is 0.289. The van der Waals surface area contributed by atoms with Crippen LogP contribution in [-0.2, 0) is 0 Å². The molecule has 0 fully saturated rings. The van der Waals surface area contributed by atoms with E-state index in [2.05, 4.69) is 4.74 Å². The second-order valence-corrected chi connectivity index (χ2v) is 2.17. The van der Waals surface area contributed by atoms with Crippen molar-refractivity contribution in [3.63, 3.8) is 0 Å². The van der Waals surface area contributed by atoms with Crippen molar-refractivity contribution in [3.8, 4) is 5.75 Å². The van der Waals surface area contributed by atoms with Crippen molar-refractivity contribution in [2.75, 3.05) is 0 Å². The second-order valence-electron chi connectivity index (χ2n) is 2.17. The van der Waals surface area contributed by atoms with E-state index < -0.39 is 6.16 Å². The lowest BCUT2D eigenvalue weighted by molar-refractivity contribution is 0.143. The van der Waals surface area contributed by atoms with Gasteiger partial charge in [-0.05, 0) is 13.8 Å². The van der Waals surface area contributed by atoms with E-state index >= 15 is 0 Å². The van der Waals surface area contributed by atoms with Gasteiger partial charge in [0.05, 0.1) is 6.26 Å². The summed E-state index contributed by atoms with van der Waals surface area (Å²) in [6.07, 6.45) is 0.130.